The molecule has 0 amide bonds. The topological polar surface area (TPSA) is 84.9 Å². The monoisotopic (exact) mass is 529 g/mol. The Morgan fingerprint density at radius 1 is 0.947 bits per heavy atom. The molecular formula is C29H30F3NO5. The molecule has 6 nitrogen and oxygen atoms in total. The molecule has 0 unspecified atom stereocenters. The molecule has 3 rings (SSSR count). The first-order valence-electron chi connectivity index (χ1n) is 12.3. The summed E-state index contributed by atoms with van der Waals surface area (Å²) in [6.45, 7) is 2.96. The third kappa shape index (κ3) is 8.62. The van der Waals surface area contributed by atoms with E-state index in [4.69, 9.17) is 9.47 Å². The highest BCUT2D eigenvalue weighted by atomic mass is 19.4. The number of halogens is 3. The third-order valence-corrected chi connectivity index (χ3v) is 5.77. The summed E-state index contributed by atoms with van der Waals surface area (Å²) in [7, 11) is 0. The second kappa shape index (κ2) is 13.6. The van der Waals surface area contributed by atoms with E-state index < -0.39 is 17.7 Å². The zero-order valence-electron chi connectivity index (χ0n) is 21.0. The minimum atomic E-state index is -4.50. The van der Waals surface area contributed by atoms with Gasteiger partial charge in [-0.25, -0.2) is 0 Å². The van der Waals surface area contributed by atoms with Gasteiger partial charge in [0.25, 0.3) is 0 Å². The summed E-state index contributed by atoms with van der Waals surface area (Å²) < 4.78 is 51.0. The van der Waals surface area contributed by atoms with Crippen molar-refractivity contribution in [3.8, 4) is 16.9 Å². The Balaban J connectivity index is 1.68. The fraction of sp³-hybridized carbons (Fsp3) is 0.310. The van der Waals surface area contributed by atoms with Crippen molar-refractivity contribution in [2.24, 2.45) is 0 Å². The van der Waals surface area contributed by atoms with Gasteiger partial charge in [-0.2, -0.15) is 13.2 Å². The number of alkyl halides is 3. The van der Waals surface area contributed by atoms with Gasteiger partial charge in [-0.05, 0) is 66.4 Å². The number of hydrogen-bond donors (Lipinski definition) is 2. The number of aliphatic carboxylic acids is 1. The molecule has 0 aliphatic heterocycles. The lowest BCUT2D eigenvalue weighted by Gasteiger charge is -2.16. The molecule has 0 aliphatic carbocycles. The Kier molecular flexibility index (Phi) is 10.3. The average molecular weight is 530 g/mol. The van der Waals surface area contributed by atoms with Crippen molar-refractivity contribution in [1.29, 1.82) is 0 Å². The summed E-state index contributed by atoms with van der Waals surface area (Å²) in [4.78, 5) is 23.3. The molecule has 0 bridgehead atoms. The molecule has 3 aromatic rings. The van der Waals surface area contributed by atoms with Crippen LogP contribution in [0.25, 0.3) is 11.1 Å². The van der Waals surface area contributed by atoms with Gasteiger partial charge >= 0.3 is 18.1 Å². The van der Waals surface area contributed by atoms with Crippen LogP contribution in [0.4, 0.5) is 13.2 Å². The first-order chi connectivity index (χ1) is 18.2. The van der Waals surface area contributed by atoms with Gasteiger partial charge in [0.1, 0.15) is 12.4 Å². The molecule has 0 fully saturated rings. The van der Waals surface area contributed by atoms with Crippen LogP contribution in [0, 0.1) is 0 Å². The molecule has 0 radical (unpaired) electrons. The number of carboxylic acid groups (broad SMARTS) is 1. The normalized spacial score (nSPS) is 11.3. The number of nitrogens with one attached hydrogen (secondary N) is 1. The van der Waals surface area contributed by atoms with Gasteiger partial charge in [-0.3, -0.25) is 9.59 Å². The van der Waals surface area contributed by atoms with Crippen LogP contribution in [0.3, 0.4) is 0 Å². The van der Waals surface area contributed by atoms with Crippen LogP contribution < -0.4 is 10.1 Å². The number of hydrogen-bond acceptors (Lipinski definition) is 5. The molecule has 0 spiro atoms. The molecule has 38 heavy (non-hydrogen) atoms. The van der Waals surface area contributed by atoms with Gasteiger partial charge in [0, 0.05) is 12.1 Å². The predicted octanol–water partition coefficient (Wildman–Crippen LogP) is 5.66. The Morgan fingerprint density at radius 3 is 2.39 bits per heavy atom. The molecule has 0 aliphatic rings. The van der Waals surface area contributed by atoms with Crippen LogP contribution in [0.15, 0.2) is 66.7 Å². The lowest BCUT2D eigenvalue weighted by atomic mass is 9.93. The van der Waals surface area contributed by atoms with Gasteiger partial charge in [0.15, 0.2) is 0 Å². The number of ether oxygens (including phenoxy) is 2. The number of rotatable bonds is 13. The van der Waals surface area contributed by atoms with E-state index in [2.05, 4.69) is 5.32 Å². The standard InChI is InChI=1S/C29H30F3NO5/c1-2-37-26-11-8-21(16-23(26)18-27(34)35)25-10-9-24(29(30,31)32)17-22(25)12-14-33-15-13-28(36)38-19-20-6-4-3-5-7-20/h3-11,16-17,33H,2,12-15,18-19H2,1H3,(H,34,35). The fourth-order valence-corrected chi connectivity index (χ4v) is 3.95. The fourth-order valence-electron chi connectivity index (χ4n) is 3.95. The van der Waals surface area contributed by atoms with Gasteiger partial charge in [-0.15, -0.1) is 0 Å². The lowest BCUT2D eigenvalue weighted by Crippen LogP contribution is -2.22. The van der Waals surface area contributed by atoms with Crippen LogP contribution in [-0.4, -0.2) is 36.7 Å². The first-order valence-corrected chi connectivity index (χ1v) is 12.3. The largest absolute Gasteiger partial charge is 0.494 e. The van der Waals surface area contributed by atoms with Crippen molar-refractivity contribution in [3.63, 3.8) is 0 Å². The predicted molar refractivity (Wildman–Crippen MR) is 137 cm³/mol. The molecule has 3 aromatic carbocycles. The second-order valence-electron chi connectivity index (χ2n) is 8.59. The molecular weight excluding hydrogens is 499 g/mol. The minimum absolute atomic E-state index is 0.125. The van der Waals surface area contributed by atoms with E-state index in [0.717, 1.165) is 17.7 Å². The zero-order chi connectivity index (χ0) is 27.5. The maximum Gasteiger partial charge on any atom is 0.416 e. The van der Waals surface area contributed by atoms with Crippen LogP contribution in [0.5, 0.6) is 5.75 Å². The Hall–Kier alpha value is -3.85. The molecule has 9 heteroatoms. The van der Waals surface area contributed by atoms with Gasteiger partial charge in [-0.1, -0.05) is 42.5 Å². The number of carbonyl (C=O) groups excluding carboxylic acids is 1. The molecule has 0 heterocycles. The third-order valence-electron chi connectivity index (χ3n) is 5.77. The van der Waals surface area contributed by atoms with Crippen molar-refractivity contribution >= 4 is 11.9 Å². The van der Waals surface area contributed by atoms with E-state index >= 15 is 0 Å². The highest BCUT2D eigenvalue weighted by Gasteiger charge is 2.31. The van der Waals surface area contributed by atoms with Crippen molar-refractivity contribution in [3.05, 3.63) is 89.0 Å². The quantitative estimate of drug-likeness (QED) is 0.220. The van der Waals surface area contributed by atoms with E-state index in [1.54, 1.807) is 25.1 Å². The zero-order valence-corrected chi connectivity index (χ0v) is 21.0. The number of carbonyl (C=O) groups is 2. The summed E-state index contributed by atoms with van der Waals surface area (Å²) in [5.74, 6) is -0.989. The molecule has 202 valence electrons. The van der Waals surface area contributed by atoms with E-state index in [0.29, 0.717) is 47.7 Å². The Labute approximate surface area is 219 Å². The van der Waals surface area contributed by atoms with Crippen LogP contribution >= 0.6 is 0 Å². The van der Waals surface area contributed by atoms with Gasteiger partial charge < -0.3 is 19.9 Å². The van der Waals surface area contributed by atoms with Crippen molar-refractivity contribution < 1.29 is 37.3 Å². The molecule has 2 N–H and O–H groups in total. The number of benzene rings is 3. The highest BCUT2D eigenvalue weighted by molar-refractivity contribution is 5.75. The van der Waals surface area contributed by atoms with Crippen LogP contribution in [0.1, 0.15) is 35.6 Å². The number of esters is 1. The summed E-state index contributed by atoms with van der Waals surface area (Å²) in [5, 5.41) is 12.4. The van der Waals surface area contributed by atoms with Crippen molar-refractivity contribution in [1.82, 2.24) is 5.32 Å². The van der Waals surface area contributed by atoms with Gasteiger partial charge in [0.05, 0.1) is 25.0 Å². The SMILES string of the molecule is CCOc1ccc(-c2ccc(C(F)(F)F)cc2CCNCCC(=O)OCc2ccccc2)cc1CC(=O)O. The van der Waals surface area contributed by atoms with Crippen LogP contribution in [-0.2, 0) is 40.0 Å². The summed E-state index contributed by atoms with van der Waals surface area (Å²) in [6.07, 6.45) is -4.39. The van der Waals surface area contributed by atoms with E-state index in [1.807, 2.05) is 30.3 Å². The lowest BCUT2D eigenvalue weighted by molar-refractivity contribution is -0.145. The van der Waals surface area contributed by atoms with Gasteiger partial charge in [0.2, 0.25) is 0 Å². The average Bonchev–Trinajstić information content (AvgIpc) is 2.88. The molecule has 0 saturated carbocycles. The van der Waals surface area contributed by atoms with E-state index in [9.17, 15) is 27.9 Å². The second-order valence-corrected chi connectivity index (χ2v) is 8.59. The molecule has 0 atom stereocenters. The Bertz CT molecular complexity index is 1230. The maximum absolute atomic E-state index is 13.4. The first kappa shape index (κ1) is 28.7. The minimum Gasteiger partial charge on any atom is -0.494 e. The summed E-state index contributed by atoms with van der Waals surface area (Å²) in [6, 6.07) is 17.8. The maximum atomic E-state index is 13.4. The number of carboxylic acids is 1. The van der Waals surface area contributed by atoms with Crippen molar-refractivity contribution in [2.75, 3.05) is 19.7 Å². The summed E-state index contributed by atoms with van der Waals surface area (Å²) in [5.41, 5.74) is 2.16. The van der Waals surface area contributed by atoms with E-state index in [1.165, 1.54) is 6.07 Å². The molecule has 0 saturated heterocycles. The van der Waals surface area contributed by atoms with Crippen molar-refractivity contribution in [2.45, 2.75) is 39.0 Å². The Morgan fingerprint density at radius 2 is 1.71 bits per heavy atom. The highest BCUT2D eigenvalue weighted by Crippen LogP contribution is 2.35. The smallest absolute Gasteiger partial charge is 0.416 e. The molecule has 0 aromatic heterocycles. The summed E-state index contributed by atoms with van der Waals surface area (Å²) >= 11 is 0. The van der Waals surface area contributed by atoms with Crippen LogP contribution in [0.2, 0.25) is 0 Å². The van der Waals surface area contributed by atoms with E-state index in [-0.39, 0.29) is 31.8 Å².